The summed E-state index contributed by atoms with van der Waals surface area (Å²) in [6.45, 7) is 1.69. The number of rotatable bonds is 8. The summed E-state index contributed by atoms with van der Waals surface area (Å²) in [4.78, 5) is 35.8. The van der Waals surface area contributed by atoms with Crippen molar-refractivity contribution in [3.63, 3.8) is 0 Å². The fraction of sp³-hybridized carbons (Fsp3) is 0.125. The number of Topliss-reactive ketones (excluding diaryl/α,β-unsaturated/α-hetero) is 1. The topological polar surface area (TPSA) is 84.5 Å². The average Bonchev–Trinajstić information content (AvgIpc) is 2.77. The van der Waals surface area contributed by atoms with E-state index >= 15 is 0 Å². The Morgan fingerprint density at radius 2 is 1.57 bits per heavy atom. The summed E-state index contributed by atoms with van der Waals surface area (Å²) in [5.74, 6) is -0.164. The molecule has 3 rings (SSSR count). The van der Waals surface area contributed by atoms with Crippen LogP contribution in [0.3, 0.4) is 0 Å². The Bertz CT molecular complexity index is 1030. The van der Waals surface area contributed by atoms with Gasteiger partial charge in [0, 0.05) is 30.3 Å². The Kier molecular flexibility index (Phi) is 6.95. The maximum atomic E-state index is 12.4. The molecule has 0 spiro atoms. The van der Waals surface area contributed by atoms with Crippen molar-refractivity contribution in [3.05, 3.63) is 95.6 Å². The molecule has 0 saturated carbocycles. The van der Waals surface area contributed by atoms with Gasteiger partial charge in [-0.1, -0.05) is 36.4 Å². The predicted molar refractivity (Wildman–Crippen MR) is 115 cm³/mol. The summed E-state index contributed by atoms with van der Waals surface area (Å²) in [5.41, 5.74) is 2.55. The van der Waals surface area contributed by atoms with Gasteiger partial charge in [-0.3, -0.25) is 14.4 Å². The van der Waals surface area contributed by atoms with E-state index in [4.69, 9.17) is 4.74 Å². The predicted octanol–water partition coefficient (Wildman–Crippen LogP) is 3.84. The van der Waals surface area contributed by atoms with E-state index in [0.29, 0.717) is 29.1 Å². The highest BCUT2D eigenvalue weighted by Gasteiger charge is 2.10. The molecule has 0 unspecified atom stereocenters. The number of hydrogen-bond acceptors (Lipinski definition) is 4. The summed E-state index contributed by atoms with van der Waals surface area (Å²) >= 11 is 0. The number of benzene rings is 3. The van der Waals surface area contributed by atoms with Crippen molar-refractivity contribution in [2.75, 3.05) is 11.9 Å². The molecule has 2 amide bonds. The Morgan fingerprint density at radius 3 is 2.27 bits per heavy atom. The molecule has 0 aliphatic heterocycles. The molecule has 6 nitrogen and oxygen atoms in total. The summed E-state index contributed by atoms with van der Waals surface area (Å²) in [6.07, 6.45) is 0. The standard InChI is InChI=1S/C24H22N2O4/c1-17(27)26-21-12-10-19(11-13-21)23(28)16-30-22-9-5-8-20(14-22)24(29)25-15-18-6-3-2-4-7-18/h2-14H,15-16H2,1H3,(H,25,29)(H,26,27). The highest BCUT2D eigenvalue weighted by molar-refractivity contribution is 5.98. The number of carbonyl (C=O) groups excluding carboxylic acids is 3. The molecule has 3 aromatic carbocycles. The van der Waals surface area contributed by atoms with E-state index in [0.717, 1.165) is 5.56 Å². The van der Waals surface area contributed by atoms with Crippen LogP contribution in [0.2, 0.25) is 0 Å². The first-order chi connectivity index (χ1) is 14.5. The second kappa shape index (κ2) is 10.0. The smallest absolute Gasteiger partial charge is 0.251 e. The highest BCUT2D eigenvalue weighted by Crippen LogP contribution is 2.15. The van der Waals surface area contributed by atoms with Gasteiger partial charge in [-0.05, 0) is 48.0 Å². The first kappa shape index (κ1) is 20.8. The first-order valence-electron chi connectivity index (χ1n) is 9.47. The van der Waals surface area contributed by atoms with E-state index in [2.05, 4.69) is 10.6 Å². The molecule has 0 radical (unpaired) electrons. The minimum atomic E-state index is -0.218. The van der Waals surface area contributed by atoms with E-state index < -0.39 is 0 Å². The Morgan fingerprint density at radius 1 is 0.833 bits per heavy atom. The fourth-order valence-corrected chi connectivity index (χ4v) is 2.78. The van der Waals surface area contributed by atoms with Gasteiger partial charge < -0.3 is 15.4 Å². The molecular weight excluding hydrogens is 380 g/mol. The zero-order chi connectivity index (χ0) is 21.3. The van der Waals surface area contributed by atoms with Gasteiger partial charge in [0.25, 0.3) is 5.91 Å². The first-order valence-corrected chi connectivity index (χ1v) is 9.47. The number of carbonyl (C=O) groups is 3. The Hall–Kier alpha value is -3.93. The molecule has 2 N–H and O–H groups in total. The third-order valence-corrected chi connectivity index (χ3v) is 4.29. The van der Waals surface area contributed by atoms with Crippen molar-refractivity contribution in [1.82, 2.24) is 5.32 Å². The van der Waals surface area contributed by atoms with Crippen molar-refractivity contribution in [2.24, 2.45) is 0 Å². The van der Waals surface area contributed by atoms with Crippen LogP contribution in [0.1, 0.15) is 33.2 Å². The molecule has 0 heterocycles. The van der Waals surface area contributed by atoms with Gasteiger partial charge in [0.05, 0.1) is 0 Å². The van der Waals surface area contributed by atoms with E-state index in [1.807, 2.05) is 30.3 Å². The third kappa shape index (κ3) is 6.04. The van der Waals surface area contributed by atoms with Crippen LogP contribution in [0.25, 0.3) is 0 Å². The van der Waals surface area contributed by atoms with Crippen LogP contribution in [0.4, 0.5) is 5.69 Å². The van der Waals surface area contributed by atoms with Crippen molar-refractivity contribution in [3.8, 4) is 5.75 Å². The Labute approximate surface area is 174 Å². The monoisotopic (exact) mass is 402 g/mol. The second-order valence-corrected chi connectivity index (χ2v) is 6.67. The van der Waals surface area contributed by atoms with E-state index in [9.17, 15) is 14.4 Å². The minimum Gasteiger partial charge on any atom is -0.485 e. The third-order valence-electron chi connectivity index (χ3n) is 4.29. The van der Waals surface area contributed by atoms with Crippen molar-refractivity contribution in [1.29, 1.82) is 0 Å². The van der Waals surface area contributed by atoms with E-state index in [1.54, 1.807) is 48.5 Å². The summed E-state index contributed by atoms with van der Waals surface area (Å²) in [5, 5.41) is 5.51. The molecule has 0 aliphatic rings. The summed E-state index contributed by atoms with van der Waals surface area (Å²) in [6, 6.07) is 22.9. The van der Waals surface area contributed by atoms with Crippen LogP contribution in [0.15, 0.2) is 78.9 Å². The SMILES string of the molecule is CC(=O)Nc1ccc(C(=O)COc2cccc(C(=O)NCc3ccccc3)c2)cc1. The van der Waals surface area contributed by atoms with Gasteiger partial charge in [-0.2, -0.15) is 0 Å². The molecule has 0 aliphatic carbocycles. The van der Waals surface area contributed by atoms with Crippen LogP contribution >= 0.6 is 0 Å². The van der Waals surface area contributed by atoms with Crippen LogP contribution in [-0.2, 0) is 11.3 Å². The number of ketones is 1. The van der Waals surface area contributed by atoms with Gasteiger partial charge in [0.1, 0.15) is 5.75 Å². The van der Waals surface area contributed by atoms with Crippen LogP contribution in [0.5, 0.6) is 5.75 Å². The number of amides is 2. The molecule has 152 valence electrons. The normalized spacial score (nSPS) is 10.2. The van der Waals surface area contributed by atoms with Crippen molar-refractivity contribution < 1.29 is 19.1 Å². The highest BCUT2D eigenvalue weighted by atomic mass is 16.5. The van der Waals surface area contributed by atoms with Crippen molar-refractivity contribution >= 4 is 23.3 Å². The Balaban J connectivity index is 1.55. The maximum absolute atomic E-state index is 12.4. The van der Waals surface area contributed by atoms with Crippen LogP contribution in [-0.4, -0.2) is 24.2 Å². The molecule has 0 saturated heterocycles. The summed E-state index contributed by atoms with van der Waals surface area (Å²) in [7, 11) is 0. The number of nitrogens with one attached hydrogen (secondary N) is 2. The van der Waals surface area contributed by atoms with Crippen LogP contribution in [0, 0.1) is 0 Å². The lowest BCUT2D eigenvalue weighted by molar-refractivity contribution is -0.114. The van der Waals surface area contributed by atoms with Gasteiger partial charge in [0.2, 0.25) is 5.91 Å². The van der Waals surface area contributed by atoms with Gasteiger partial charge >= 0.3 is 0 Å². The lowest BCUT2D eigenvalue weighted by atomic mass is 10.1. The maximum Gasteiger partial charge on any atom is 0.251 e. The van der Waals surface area contributed by atoms with E-state index in [-0.39, 0.29) is 24.2 Å². The molecule has 0 atom stereocenters. The van der Waals surface area contributed by atoms with Gasteiger partial charge in [-0.15, -0.1) is 0 Å². The zero-order valence-corrected chi connectivity index (χ0v) is 16.6. The summed E-state index contributed by atoms with van der Waals surface area (Å²) < 4.78 is 5.57. The zero-order valence-electron chi connectivity index (χ0n) is 16.6. The largest absolute Gasteiger partial charge is 0.485 e. The van der Waals surface area contributed by atoms with Gasteiger partial charge in [-0.25, -0.2) is 0 Å². The van der Waals surface area contributed by atoms with Crippen LogP contribution < -0.4 is 15.4 Å². The molecular formula is C24H22N2O4. The lowest BCUT2D eigenvalue weighted by Crippen LogP contribution is -2.22. The minimum absolute atomic E-state index is 0.158. The van der Waals surface area contributed by atoms with Crippen molar-refractivity contribution in [2.45, 2.75) is 13.5 Å². The van der Waals surface area contributed by atoms with Gasteiger partial charge in [0.15, 0.2) is 12.4 Å². The molecule has 6 heteroatoms. The lowest BCUT2D eigenvalue weighted by Gasteiger charge is -2.09. The quantitative estimate of drug-likeness (QED) is 0.561. The fourth-order valence-electron chi connectivity index (χ4n) is 2.78. The molecule has 3 aromatic rings. The number of hydrogen-bond donors (Lipinski definition) is 2. The average molecular weight is 402 g/mol. The molecule has 0 bridgehead atoms. The molecule has 0 fully saturated rings. The van der Waals surface area contributed by atoms with E-state index in [1.165, 1.54) is 6.92 Å². The molecule has 30 heavy (non-hydrogen) atoms. The molecule has 0 aromatic heterocycles. The number of ether oxygens (including phenoxy) is 1. The second-order valence-electron chi connectivity index (χ2n) is 6.67. The number of anilines is 1.